The molecule has 2 aromatic carbocycles. The number of benzene rings is 2. The predicted octanol–water partition coefficient (Wildman–Crippen LogP) is 3.20. The Labute approximate surface area is 125 Å². The van der Waals surface area contributed by atoms with Gasteiger partial charge in [-0.15, -0.1) is 0 Å². The summed E-state index contributed by atoms with van der Waals surface area (Å²) >= 11 is 0. The Kier molecular flexibility index (Phi) is 4.23. The van der Waals surface area contributed by atoms with Gasteiger partial charge >= 0.3 is 0 Å². The molecule has 3 heteroatoms. The molecule has 0 aromatic heterocycles. The highest BCUT2D eigenvalue weighted by Gasteiger charge is 2.22. The summed E-state index contributed by atoms with van der Waals surface area (Å²) in [6, 6.07) is 14.7. The van der Waals surface area contributed by atoms with Gasteiger partial charge in [-0.1, -0.05) is 30.3 Å². The molecule has 0 saturated heterocycles. The highest BCUT2D eigenvalue weighted by atomic mass is 16.5. The van der Waals surface area contributed by atoms with Crippen LogP contribution in [0, 0.1) is 0 Å². The Morgan fingerprint density at radius 1 is 1.24 bits per heavy atom. The van der Waals surface area contributed by atoms with Gasteiger partial charge in [-0.05, 0) is 41.4 Å². The summed E-state index contributed by atoms with van der Waals surface area (Å²) in [5, 5.41) is 3.26. The first-order chi connectivity index (χ1) is 10.3. The van der Waals surface area contributed by atoms with Gasteiger partial charge in [-0.25, -0.2) is 0 Å². The largest absolute Gasteiger partial charge is 0.497 e. The van der Waals surface area contributed by atoms with Crippen molar-refractivity contribution >= 4 is 0 Å². The standard InChI is InChI=1S/C18H21NO2/c1-19-10-14-11-21-12-18-16(7-4-8-17(14)18)13-5-3-6-15(9-13)20-2/h3-9,14,19H,10-12H2,1-2H3. The van der Waals surface area contributed by atoms with Crippen molar-refractivity contribution in [3.05, 3.63) is 53.6 Å². The van der Waals surface area contributed by atoms with Gasteiger partial charge in [0.15, 0.2) is 0 Å². The Morgan fingerprint density at radius 3 is 2.90 bits per heavy atom. The minimum Gasteiger partial charge on any atom is -0.497 e. The zero-order chi connectivity index (χ0) is 14.7. The molecule has 0 amide bonds. The minimum atomic E-state index is 0.421. The number of likely N-dealkylation sites (N-methyl/N-ethyl adjacent to an activating group) is 1. The molecule has 1 N–H and O–H groups in total. The van der Waals surface area contributed by atoms with Gasteiger partial charge < -0.3 is 14.8 Å². The lowest BCUT2D eigenvalue weighted by molar-refractivity contribution is 0.0915. The van der Waals surface area contributed by atoms with Crippen molar-refractivity contribution in [1.29, 1.82) is 0 Å². The normalized spacial score (nSPS) is 17.3. The van der Waals surface area contributed by atoms with Gasteiger partial charge in [0.25, 0.3) is 0 Å². The van der Waals surface area contributed by atoms with E-state index in [-0.39, 0.29) is 0 Å². The lowest BCUT2D eigenvalue weighted by Gasteiger charge is -2.27. The van der Waals surface area contributed by atoms with Crippen LogP contribution in [0.2, 0.25) is 0 Å². The molecule has 3 rings (SSSR count). The topological polar surface area (TPSA) is 30.5 Å². The van der Waals surface area contributed by atoms with E-state index in [4.69, 9.17) is 9.47 Å². The molecule has 1 atom stereocenters. The summed E-state index contributed by atoms with van der Waals surface area (Å²) < 4.78 is 11.1. The van der Waals surface area contributed by atoms with Crippen LogP contribution in [-0.4, -0.2) is 27.3 Å². The zero-order valence-electron chi connectivity index (χ0n) is 12.6. The molecule has 1 heterocycles. The van der Waals surface area contributed by atoms with Crippen molar-refractivity contribution in [3.63, 3.8) is 0 Å². The maximum atomic E-state index is 5.81. The van der Waals surface area contributed by atoms with Crippen LogP contribution in [0.15, 0.2) is 42.5 Å². The molecular weight excluding hydrogens is 262 g/mol. The first-order valence-corrected chi connectivity index (χ1v) is 7.32. The number of methoxy groups -OCH3 is 1. The van der Waals surface area contributed by atoms with E-state index in [9.17, 15) is 0 Å². The lowest BCUT2D eigenvalue weighted by Crippen LogP contribution is -2.26. The first-order valence-electron chi connectivity index (χ1n) is 7.32. The molecule has 2 aromatic rings. The number of hydrogen-bond acceptors (Lipinski definition) is 3. The van der Waals surface area contributed by atoms with E-state index in [0.717, 1.165) is 18.9 Å². The highest BCUT2D eigenvalue weighted by molar-refractivity contribution is 5.70. The third-order valence-corrected chi connectivity index (χ3v) is 4.05. The van der Waals surface area contributed by atoms with Crippen LogP contribution in [-0.2, 0) is 11.3 Å². The van der Waals surface area contributed by atoms with Crippen LogP contribution in [0.4, 0.5) is 0 Å². The van der Waals surface area contributed by atoms with E-state index in [2.05, 4.69) is 35.6 Å². The smallest absolute Gasteiger partial charge is 0.119 e. The van der Waals surface area contributed by atoms with E-state index in [0.29, 0.717) is 12.5 Å². The second-order valence-corrected chi connectivity index (χ2v) is 5.38. The SMILES string of the molecule is CNCC1COCc2c(-c3cccc(OC)c3)cccc21. The lowest BCUT2D eigenvalue weighted by atomic mass is 9.87. The molecule has 1 unspecified atom stereocenters. The van der Waals surface area contributed by atoms with Crippen molar-refractivity contribution < 1.29 is 9.47 Å². The van der Waals surface area contributed by atoms with E-state index in [1.54, 1.807) is 7.11 Å². The summed E-state index contributed by atoms with van der Waals surface area (Å²) in [4.78, 5) is 0. The second-order valence-electron chi connectivity index (χ2n) is 5.38. The Bertz CT molecular complexity index is 624. The molecule has 0 saturated carbocycles. The summed E-state index contributed by atoms with van der Waals surface area (Å²) in [6.07, 6.45) is 0. The summed E-state index contributed by atoms with van der Waals surface area (Å²) in [5.74, 6) is 1.30. The molecule has 0 spiro atoms. The molecule has 0 fully saturated rings. The van der Waals surface area contributed by atoms with E-state index in [1.165, 1.54) is 22.3 Å². The monoisotopic (exact) mass is 283 g/mol. The molecular formula is C18H21NO2. The van der Waals surface area contributed by atoms with Gasteiger partial charge in [0.2, 0.25) is 0 Å². The fourth-order valence-corrected chi connectivity index (χ4v) is 3.02. The third-order valence-electron chi connectivity index (χ3n) is 4.05. The van der Waals surface area contributed by atoms with E-state index in [1.807, 2.05) is 19.2 Å². The first kappa shape index (κ1) is 14.1. The average molecular weight is 283 g/mol. The molecule has 0 radical (unpaired) electrons. The summed E-state index contributed by atoms with van der Waals surface area (Å²) in [6.45, 7) is 2.41. The molecule has 0 aliphatic carbocycles. The minimum absolute atomic E-state index is 0.421. The molecule has 1 aliphatic rings. The Hall–Kier alpha value is -1.84. The van der Waals surface area contributed by atoms with Crippen LogP contribution in [0.3, 0.4) is 0 Å². The average Bonchev–Trinajstić information content (AvgIpc) is 2.55. The predicted molar refractivity (Wildman–Crippen MR) is 84.8 cm³/mol. The van der Waals surface area contributed by atoms with Crippen LogP contribution >= 0.6 is 0 Å². The molecule has 0 bridgehead atoms. The maximum absolute atomic E-state index is 5.81. The van der Waals surface area contributed by atoms with Crippen molar-refractivity contribution in [1.82, 2.24) is 5.32 Å². The van der Waals surface area contributed by atoms with Crippen molar-refractivity contribution in [2.75, 3.05) is 27.3 Å². The quantitative estimate of drug-likeness (QED) is 0.934. The van der Waals surface area contributed by atoms with E-state index >= 15 is 0 Å². The third kappa shape index (κ3) is 2.80. The van der Waals surface area contributed by atoms with Gasteiger partial charge in [0.05, 0.1) is 20.3 Å². The number of hydrogen-bond donors (Lipinski definition) is 1. The van der Waals surface area contributed by atoms with Crippen molar-refractivity contribution in [3.8, 4) is 16.9 Å². The van der Waals surface area contributed by atoms with Crippen LogP contribution in [0.25, 0.3) is 11.1 Å². The maximum Gasteiger partial charge on any atom is 0.119 e. The zero-order valence-corrected chi connectivity index (χ0v) is 12.6. The van der Waals surface area contributed by atoms with Gasteiger partial charge in [-0.2, -0.15) is 0 Å². The van der Waals surface area contributed by atoms with Crippen LogP contribution in [0.5, 0.6) is 5.75 Å². The molecule has 110 valence electrons. The highest BCUT2D eigenvalue weighted by Crippen LogP contribution is 2.35. The van der Waals surface area contributed by atoms with Gasteiger partial charge in [0, 0.05) is 12.5 Å². The molecule has 1 aliphatic heterocycles. The van der Waals surface area contributed by atoms with Crippen molar-refractivity contribution in [2.24, 2.45) is 0 Å². The van der Waals surface area contributed by atoms with Crippen LogP contribution < -0.4 is 10.1 Å². The number of fused-ring (bicyclic) bond motifs is 1. The Morgan fingerprint density at radius 2 is 2.10 bits per heavy atom. The van der Waals surface area contributed by atoms with Crippen molar-refractivity contribution in [2.45, 2.75) is 12.5 Å². The Balaban J connectivity index is 2.05. The number of ether oxygens (including phenoxy) is 2. The van der Waals surface area contributed by atoms with Gasteiger partial charge in [-0.3, -0.25) is 0 Å². The van der Waals surface area contributed by atoms with Crippen LogP contribution in [0.1, 0.15) is 17.0 Å². The second kappa shape index (κ2) is 6.29. The summed E-state index contributed by atoms with van der Waals surface area (Å²) in [5.41, 5.74) is 5.13. The number of nitrogens with one attached hydrogen (secondary N) is 1. The fraction of sp³-hybridized carbons (Fsp3) is 0.333. The van der Waals surface area contributed by atoms with Gasteiger partial charge in [0.1, 0.15) is 5.75 Å². The summed E-state index contributed by atoms with van der Waals surface area (Å²) in [7, 11) is 3.69. The fourth-order valence-electron chi connectivity index (χ4n) is 3.02. The molecule has 3 nitrogen and oxygen atoms in total. The molecule has 21 heavy (non-hydrogen) atoms. The number of rotatable bonds is 4. The van der Waals surface area contributed by atoms with E-state index < -0.39 is 0 Å².